The van der Waals surface area contributed by atoms with E-state index in [0.717, 1.165) is 47.9 Å². The predicted molar refractivity (Wildman–Crippen MR) is 129 cm³/mol. The maximum absolute atomic E-state index is 12.7. The van der Waals surface area contributed by atoms with Crippen molar-refractivity contribution in [2.24, 2.45) is 0 Å². The second kappa shape index (κ2) is 10.2. The number of pyridine rings is 1. The third kappa shape index (κ3) is 5.73. The standard InChI is InChI=1S/C23H15F3N4O7S/c24-23(25,26)37-14-3-1-2-13(7-14)29-21(31)11-4-5-16(30(34)35)17(6-11)36-9-12-10-38-19-15(22(32)33)8-28-20(27)18(12)19/h1-8,10H,9H2,(H2,27,28)(H,29,31)(H,32,33). The van der Waals surface area contributed by atoms with Gasteiger partial charge in [-0.2, -0.15) is 0 Å². The number of carbonyl (C=O) groups excluding carboxylic acids is 1. The molecule has 0 atom stereocenters. The van der Waals surface area contributed by atoms with Gasteiger partial charge in [0.2, 0.25) is 0 Å². The number of benzene rings is 2. The quantitative estimate of drug-likeness (QED) is 0.198. The minimum absolute atomic E-state index is 0.0143. The van der Waals surface area contributed by atoms with Crippen molar-refractivity contribution in [3.63, 3.8) is 0 Å². The smallest absolute Gasteiger partial charge is 0.482 e. The van der Waals surface area contributed by atoms with E-state index >= 15 is 0 Å². The van der Waals surface area contributed by atoms with Gasteiger partial charge in [-0.1, -0.05) is 6.07 Å². The van der Waals surface area contributed by atoms with E-state index in [1.807, 2.05) is 0 Å². The van der Waals surface area contributed by atoms with E-state index in [4.69, 9.17) is 10.5 Å². The first-order valence-corrected chi connectivity index (χ1v) is 11.3. The average Bonchev–Trinajstić information content (AvgIpc) is 3.26. The van der Waals surface area contributed by atoms with Crippen LogP contribution in [-0.4, -0.2) is 33.3 Å². The molecule has 15 heteroatoms. The number of amides is 1. The number of aromatic carboxylic acids is 1. The second-order valence-electron chi connectivity index (χ2n) is 7.59. The number of halogens is 3. The Bertz CT molecular complexity index is 1570. The zero-order valence-electron chi connectivity index (χ0n) is 18.8. The van der Waals surface area contributed by atoms with E-state index in [2.05, 4.69) is 15.0 Å². The van der Waals surface area contributed by atoms with Crippen LogP contribution < -0.4 is 20.5 Å². The van der Waals surface area contributed by atoms with Gasteiger partial charge in [-0.05, 0) is 23.6 Å². The number of ether oxygens (including phenoxy) is 2. The molecule has 0 aliphatic carbocycles. The molecule has 0 fully saturated rings. The number of hydrogen-bond donors (Lipinski definition) is 3. The topological polar surface area (TPSA) is 167 Å². The zero-order chi connectivity index (χ0) is 27.6. The van der Waals surface area contributed by atoms with E-state index in [1.54, 1.807) is 5.38 Å². The van der Waals surface area contributed by atoms with E-state index in [0.29, 0.717) is 15.6 Å². The number of carboxylic acid groups (broad SMARTS) is 1. The van der Waals surface area contributed by atoms with Crippen LogP contribution in [0.2, 0.25) is 0 Å². The maximum atomic E-state index is 12.7. The molecule has 0 spiro atoms. The van der Waals surface area contributed by atoms with E-state index in [9.17, 15) is 38.0 Å². The van der Waals surface area contributed by atoms with Crippen LogP contribution in [0, 0.1) is 10.1 Å². The highest BCUT2D eigenvalue weighted by molar-refractivity contribution is 7.17. The van der Waals surface area contributed by atoms with E-state index in [1.165, 1.54) is 12.1 Å². The minimum Gasteiger partial charge on any atom is -0.482 e. The number of carbonyl (C=O) groups is 2. The summed E-state index contributed by atoms with van der Waals surface area (Å²) in [6, 6.07) is 7.87. The molecular formula is C23H15F3N4O7S. The van der Waals surface area contributed by atoms with Crippen LogP contribution in [0.1, 0.15) is 26.3 Å². The maximum Gasteiger partial charge on any atom is 0.573 e. The summed E-state index contributed by atoms with van der Waals surface area (Å²) in [6.07, 6.45) is -3.80. The highest BCUT2D eigenvalue weighted by Gasteiger charge is 2.31. The molecule has 11 nitrogen and oxygen atoms in total. The molecule has 0 aliphatic rings. The fourth-order valence-corrected chi connectivity index (χ4v) is 4.51. The molecule has 0 unspecified atom stereocenters. The fourth-order valence-electron chi connectivity index (χ4n) is 3.44. The average molecular weight is 548 g/mol. The Kier molecular flexibility index (Phi) is 7.03. The molecule has 1 amide bonds. The van der Waals surface area contributed by atoms with Crippen molar-refractivity contribution in [3.8, 4) is 11.5 Å². The first kappa shape index (κ1) is 26.2. The first-order valence-electron chi connectivity index (χ1n) is 10.4. The number of aromatic nitrogens is 1. The minimum atomic E-state index is -4.92. The molecule has 4 aromatic rings. The van der Waals surface area contributed by atoms with Gasteiger partial charge < -0.3 is 25.6 Å². The summed E-state index contributed by atoms with van der Waals surface area (Å²) in [6.45, 7) is -0.266. The largest absolute Gasteiger partial charge is 0.573 e. The predicted octanol–water partition coefficient (Wildman–Crippen LogP) is 5.21. The normalized spacial score (nSPS) is 11.2. The van der Waals surface area contributed by atoms with Gasteiger partial charge in [-0.25, -0.2) is 9.78 Å². The van der Waals surface area contributed by atoms with Gasteiger partial charge in [0, 0.05) is 46.6 Å². The summed E-state index contributed by atoms with van der Waals surface area (Å²) in [5.41, 5.74) is 5.70. The monoisotopic (exact) mass is 548 g/mol. The summed E-state index contributed by atoms with van der Waals surface area (Å²) in [7, 11) is 0. The van der Waals surface area contributed by atoms with Crippen molar-refractivity contribution in [2.45, 2.75) is 13.0 Å². The van der Waals surface area contributed by atoms with E-state index < -0.39 is 34.6 Å². The lowest BCUT2D eigenvalue weighted by atomic mass is 10.1. The molecule has 2 aromatic heterocycles. The first-order chi connectivity index (χ1) is 17.9. The van der Waals surface area contributed by atoms with Crippen molar-refractivity contribution < 1.29 is 42.3 Å². The third-order valence-electron chi connectivity index (χ3n) is 5.06. The molecule has 0 radical (unpaired) electrons. The van der Waals surface area contributed by atoms with Crippen LogP contribution >= 0.6 is 11.3 Å². The van der Waals surface area contributed by atoms with Gasteiger partial charge in [0.05, 0.1) is 15.2 Å². The molecule has 4 rings (SSSR count). The number of carboxylic acids is 1. The van der Waals surface area contributed by atoms with Crippen molar-refractivity contribution in [2.75, 3.05) is 11.1 Å². The number of nitrogens with one attached hydrogen (secondary N) is 1. The Morgan fingerprint density at radius 3 is 2.66 bits per heavy atom. The van der Waals surface area contributed by atoms with Crippen LogP contribution in [0.15, 0.2) is 54.0 Å². The van der Waals surface area contributed by atoms with Crippen LogP contribution in [0.25, 0.3) is 10.1 Å². The zero-order valence-corrected chi connectivity index (χ0v) is 19.6. The van der Waals surface area contributed by atoms with Gasteiger partial charge in [0.25, 0.3) is 5.91 Å². The lowest BCUT2D eigenvalue weighted by Crippen LogP contribution is -2.17. The summed E-state index contributed by atoms with van der Waals surface area (Å²) in [4.78, 5) is 38.9. The van der Waals surface area contributed by atoms with Gasteiger partial charge in [0.1, 0.15) is 18.2 Å². The Morgan fingerprint density at radius 1 is 1.21 bits per heavy atom. The van der Waals surface area contributed by atoms with E-state index in [-0.39, 0.29) is 35.0 Å². The lowest BCUT2D eigenvalue weighted by molar-refractivity contribution is -0.385. The molecular weight excluding hydrogens is 533 g/mol. The molecule has 38 heavy (non-hydrogen) atoms. The third-order valence-corrected chi connectivity index (χ3v) is 6.12. The van der Waals surface area contributed by atoms with Crippen molar-refractivity contribution in [3.05, 3.63) is 80.8 Å². The van der Waals surface area contributed by atoms with Crippen LogP contribution in [0.5, 0.6) is 11.5 Å². The van der Waals surface area contributed by atoms with Crippen molar-refractivity contribution in [1.82, 2.24) is 4.98 Å². The SMILES string of the molecule is Nc1ncc(C(=O)O)c2scc(COc3cc(C(=O)Nc4cccc(OC(F)(F)F)c4)ccc3[N+](=O)[O-])c12. The Labute approximate surface area is 214 Å². The Morgan fingerprint density at radius 2 is 1.97 bits per heavy atom. The Hall–Kier alpha value is -4.92. The molecule has 4 N–H and O–H groups in total. The number of nitro benzene ring substituents is 1. The molecule has 0 bridgehead atoms. The number of anilines is 2. The van der Waals surface area contributed by atoms with Crippen LogP contribution in [-0.2, 0) is 6.61 Å². The van der Waals surface area contributed by atoms with Gasteiger partial charge in [0.15, 0.2) is 5.75 Å². The molecule has 0 saturated heterocycles. The van der Waals surface area contributed by atoms with Crippen molar-refractivity contribution in [1.29, 1.82) is 0 Å². The summed E-state index contributed by atoms with van der Waals surface area (Å²) in [5.74, 6) is -2.77. The molecule has 0 aliphatic heterocycles. The summed E-state index contributed by atoms with van der Waals surface area (Å²) < 4.78 is 47.2. The highest BCUT2D eigenvalue weighted by Crippen LogP contribution is 2.35. The highest BCUT2D eigenvalue weighted by atomic mass is 32.1. The molecule has 2 aromatic carbocycles. The number of nitrogen functional groups attached to an aromatic ring is 1. The number of nitrogens with two attached hydrogens (primary N) is 1. The van der Waals surface area contributed by atoms with Gasteiger partial charge in [-0.15, -0.1) is 24.5 Å². The lowest BCUT2D eigenvalue weighted by Gasteiger charge is -2.12. The molecule has 2 heterocycles. The Balaban J connectivity index is 1.58. The number of alkyl halides is 3. The van der Waals surface area contributed by atoms with Gasteiger partial charge in [-0.3, -0.25) is 14.9 Å². The van der Waals surface area contributed by atoms with Gasteiger partial charge >= 0.3 is 18.0 Å². The fraction of sp³-hybridized carbons (Fsp3) is 0.0870. The number of thiophene rings is 1. The summed E-state index contributed by atoms with van der Waals surface area (Å²) in [5, 5.41) is 25.2. The van der Waals surface area contributed by atoms with Crippen molar-refractivity contribution >= 4 is 50.5 Å². The number of fused-ring (bicyclic) bond motifs is 1. The van der Waals surface area contributed by atoms with Crippen LogP contribution in [0.4, 0.5) is 30.4 Å². The number of nitro groups is 1. The number of hydrogen-bond acceptors (Lipinski definition) is 9. The van der Waals surface area contributed by atoms with Crippen LogP contribution in [0.3, 0.4) is 0 Å². The number of rotatable bonds is 8. The molecule has 196 valence electrons. The number of nitrogens with zero attached hydrogens (tertiary/aromatic N) is 2. The second-order valence-corrected chi connectivity index (χ2v) is 8.47. The summed E-state index contributed by atoms with van der Waals surface area (Å²) >= 11 is 1.08. The molecule has 0 saturated carbocycles.